The van der Waals surface area contributed by atoms with Gasteiger partial charge in [-0.1, -0.05) is 0 Å². The molecule has 1 aromatic heterocycles. The van der Waals surface area contributed by atoms with Gasteiger partial charge in [-0.05, 0) is 27.5 Å². The summed E-state index contributed by atoms with van der Waals surface area (Å²) in [5, 5.41) is 15.4. The quantitative estimate of drug-likeness (QED) is 0.450. The number of nitrogens with two attached hydrogens (primary N) is 1. The average molecular weight is 413 g/mol. The van der Waals surface area contributed by atoms with Crippen LogP contribution >= 0.6 is 22.6 Å². The van der Waals surface area contributed by atoms with E-state index in [2.05, 4.69) is 9.72 Å². The number of aromatic nitrogens is 1. The van der Waals surface area contributed by atoms with E-state index in [-0.39, 0.29) is 0 Å². The van der Waals surface area contributed by atoms with E-state index < -0.39 is 41.5 Å². The lowest BCUT2D eigenvalue weighted by molar-refractivity contribution is -0.393. The predicted molar refractivity (Wildman–Crippen MR) is 61.7 cm³/mol. The van der Waals surface area contributed by atoms with Crippen molar-refractivity contribution in [2.24, 2.45) is 5.14 Å². The Kier molecular flexibility index (Phi) is 4.20. The molecule has 0 spiro atoms. The lowest BCUT2D eigenvalue weighted by Gasteiger charge is -2.07. The minimum absolute atomic E-state index is 0.416. The van der Waals surface area contributed by atoms with Gasteiger partial charge in [-0.15, -0.1) is 13.2 Å². The van der Waals surface area contributed by atoms with Crippen LogP contribution in [-0.4, -0.2) is 24.7 Å². The van der Waals surface area contributed by atoms with Gasteiger partial charge in [0.1, 0.15) is 0 Å². The van der Waals surface area contributed by atoms with Gasteiger partial charge in [0.25, 0.3) is 0 Å². The Morgan fingerprint density at radius 3 is 2.37 bits per heavy atom. The van der Waals surface area contributed by atoms with Gasteiger partial charge in [0.15, 0.2) is 4.90 Å². The second kappa shape index (κ2) is 5.04. The van der Waals surface area contributed by atoms with Crippen LogP contribution in [0.1, 0.15) is 0 Å². The molecule has 2 N–H and O–H groups in total. The molecular weight excluding hydrogens is 410 g/mol. The lowest BCUT2D eigenvalue weighted by Crippen LogP contribution is -2.20. The average Bonchev–Trinajstić information content (AvgIpc) is 2.10. The minimum atomic E-state index is -5.12. The van der Waals surface area contributed by atoms with Crippen LogP contribution in [0.2, 0.25) is 0 Å². The molecular formula is C6H3F3IN3O5S. The highest BCUT2D eigenvalue weighted by molar-refractivity contribution is 14.1. The maximum Gasteiger partial charge on any atom is 0.575 e. The van der Waals surface area contributed by atoms with Crippen molar-refractivity contribution in [3.8, 4) is 5.88 Å². The first-order valence-corrected chi connectivity index (χ1v) is 6.68. The summed E-state index contributed by atoms with van der Waals surface area (Å²) in [6, 6.07) is 0.570. The largest absolute Gasteiger partial charge is 0.575 e. The highest BCUT2D eigenvalue weighted by Gasteiger charge is 2.37. The molecule has 0 saturated carbocycles. The third kappa shape index (κ3) is 4.13. The number of rotatable bonds is 3. The zero-order chi connectivity index (χ0) is 15.0. The summed E-state index contributed by atoms with van der Waals surface area (Å²) in [6.07, 6.45) is -5.12. The molecule has 0 bridgehead atoms. The lowest BCUT2D eigenvalue weighted by atomic mass is 10.4. The van der Waals surface area contributed by atoms with Crippen LogP contribution in [0.3, 0.4) is 0 Å². The van der Waals surface area contributed by atoms with Crippen LogP contribution < -0.4 is 9.88 Å². The number of ether oxygens (including phenoxy) is 1. The SMILES string of the molecule is NS(=O)(=O)c1c(I)cc(OC(F)(F)F)nc1[N+](=O)[O-]. The third-order valence-corrected chi connectivity index (χ3v) is 3.75. The highest BCUT2D eigenvalue weighted by atomic mass is 127. The van der Waals surface area contributed by atoms with Crippen LogP contribution in [0.25, 0.3) is 0 Å². The van der Waals surface area contributed by atoms with E-state index in [4.69, 9.17) is 5.14 Å². The summed E-state index contributed by atoms with van der Waals surface area (Å²) in [7, 11) is -4.52. The van der Waals surface area contributed by atoms with E-state index in [1.807, 2.05) is 0 Å². The van der Waals surface area contributed by atoms with Crippen molar-refractivity contribution in [1.29, 1.82) is 0 Å². The fourth-order valence-electron chi connectivity index (χ4n) is 1.03. The summed E-state index contributed by atoms with van der Waals surface area (Å²) >= 11 is 1.27. The van der Waals surface area contributed by atoms with E-state index >= 15 is 0 Å². The molecule has 19 heavy (non-hydrogen) atoms. The number of halogens is 4. The van der Waals surface area contributed by atoms with Gasteiger partial charge in [0.2, 0.25) is 10.0 Å². The second-order valence-corrected chi connectivity index (χ2v) is 5.61. The maximum absolute atomic E-state index is 12.0. The number of nitro groups is 1. The van der Waals surface area contributed by atoms with Crippen molar-refractivity contribution >= 4 is 38.4 Å². The Hall–Kier alpha value is -1.22. The normalized spacial score (nSPS) is 12.3. The molecule has 1 rings (SSSR count). The fraction of sp³-hybridized carbons (Fsp3) is 0.167. The molecule has 0 radical (unpaired) electrons. The predicted octanol–water partition coefficient (Wildman–Crippen LogP) is 1.14. The zero-order valence-corrected chi connectivity index (χ0v) is 11.5. The molecule has 0 amide bonds. The molecule has 0 fully saturated rings. The Balaban J connectivity index is 3.52. The highest BCUT2D eigenvalue weighted by Crippen LogP contribution is 2.31. The number of alkyl halides is 3. The number of nitrogens with zero attached hydrogens (tertiary/aromatic N) is 2. The van der Waals surface area contributed by atoms with Gasteiger partial charge in [-0.25, -0.2) is 13.6 Å². The molecule has 0 unspecified atom stereocenters. The fourth-order valence-corrected chi connectivity index (χ4v) is 3.16. The van der Waals surface area contributed by atoms with E-state index in [0.717, 1.165) is 0 Å². The maximum atomic E-state index is 12.0. The standard InChI is InChI=1S/C6H3F3IN3O5S/c7-6(8,9)18-3-1-2(10)4(19(11,16)17)5(12-3)13(14)15/h1H,(H2,11,16,17). The molecule has 1 aromatic rings. The van der Waals surface area contributed by atoms with Gasteiger partial charge in [0, 0.05) is 14.6 Å². The van der Waals surface area contributed by atoms with E-state index in [1.54, 1.807) is 0 Å². The molecule has 8 nitrogen and oxygen atoms in total. The molecule has 0 aliphatic heterocycles. The van der Waals surface area contributed by atoms with Crippen LogP contribution in [0, 0.1) is 13.7 Å². The topological polar surface area (TPSA) is 125 Å². The first-order valence-electron chi connectivity index (χ1n) is 4.05. The molecule has 1 heterocycles. The molecule has 0 aromatic carbocycles. The Morgan fingerprint density at radius 1 is 1.47 bits per heavy atom. The van der Waals surface area contributed by atoms with Crippen molar-refractivity contribution in [2.45, 2.75) is 11.3 Å². The van der Waals surface area contributed by atoms with Crippen LogP contribution in [0.5, 0.6) is 5.88 Å². The van der Waals surface area contributed by atoms with Gasteiger partial charge in [0.05, 0.1) is 0 Å². The summed E-state index contributed by atoms with van der Waals surface area (Å²) < 4.78 is 61.1. The van der Waals surface area contributed by atoms with Crippen LogP contribution in [0.4, 0.5) is 19.0 Å². The van der Waals surface area contributed by atoms with Crippen molar-refractivity contribution in [2.75, 3.05) is 0 Å². The molecule has 106 valence electrons. The summed E-state index contributed by atoms with van der Waals surface area (Å²) in [5.41, 5.74) is 0. The summed E-state index contributed by atoms with van der Waals surface area (Å²) in [6.45, 7) is 0. The monoisotopic (exact) mass is 413 g/mol. The first-order chi connectivity index (χ1) is 8.42. The Labute approximate surface area is 117 Å². The molecule has 0 saturated heterocycles. The van der Waals surface area contributed by atoms with Gasteiger partial charge < -0.3 is 14.9 Å². The molecule has 0 atom stereocenters. The van der Waals surface area contributed by atoms with Crippen molar-refractivity contribution < 1.29 is 31.2 Å². The number of hydrogen-bond donors (Lipinski definition) is 1. The van der Waals surface area contributed by atoms with Gasteiger partial charge in [-0.2, -0.15) is 0 Å². The van der Waals surface area contributed by atoms with Gasteiger partial charge >= 0.3 is 18.1 Å². The molecule has 0 aliphatic rings. The number of hydrogen-bond acceptors (Lipinski definition) is 6. The number of pyridine rings is 1. The van der Waals surface area contributed by atoms with E-state index in [0.29, 0.717) is 6.07 Å². The zero-order valence-electron chi connectivity index (χ0n) is 8.51. The van der Waals surface area contributed by atoms with Gasteiger partial charge in [-0.3, -0.25) is 0 Å². The van der Waals surface area contributed by atoms with Crippen molar-refractivity contribution in [3.63, 3.8) is 0 Å². The second-order valence-electron chi connectivity index (χ2n) is 2.94. The van der Waals surface area contributed by atoms with Crippen LogP contribution in [0.15, 0.2) is 11.0 Å². The summed E-state index contributed by atoms with van der Waals surface area (Å²) in [4.78, 5) is 11.2. The van der Waals surface area contributed by atoms with E-state index in [9.17, 15) is 31.7 Å². The van der Waals surface area contributed by atoms with Crippen LogP contribution in [-0.2, 0) is 10.0 Å². The van der Waals surface area contributed by atoms with Crippen molar-refractivity contribution in [3.05, 3.63) is 19.8 Å². The van der Waals surface area contributed by atoms with Crippen molar-refractivity contribution in [1.82, 2.24) is 4.98 Å². The Bertz CT molecular complexity index is 632. The minimum Gasteiger partial charge on any atom is -0.366 e. The molecule has 0 aliphatic carbocycles. The Morgan fingerprint density at radius 2 is 2.00 bits per heavy atom. The first kappa shape index (κ1) is 15.8. The third-order valence-electron chi connectivity index (χ3n) is 1.56. The smallest absolute Gasteiger partial charge is 0.366 e. The van der Waals surface area contributed by atoms with E-state index in [1.165, 1.54) is 22.6 Å². The number of sulfonamides is 1. The summed E-state index contributed by atoms with van der Waals surface area (Å²) in [5.74, 6) is -2.50. The molecule has 13 heteroatoms. The number of primary sulfonamides is 1.